The Morgan fingerprint density at radius 2 is 1.93 bits per heavy atom. The summed E-state index contributed by atoms with van der Waals surface area (Å²) in [7, 11) is 1.69. The Labute approximate surface area is 94.2 Å². The highest BCUT2D eigenvalue weighted by Gasteiger charge is 2.19. The smallest absolute Gasteiger partial charge is 0.0632 e. The third kappa shape index (κ3) is 10.2. The zero-order valence-corrected chi connectivity index (χ0v) is 10.7. The molecule has 0 aliphatic heterocycles. The first-order valence-corrected chi connectivity index (χ1v) is 5.90. The van der Waals surface area contributed by atoms with Crippen LogP contribution in [0.4, 0.5) is 0 Å². The molecule has 0 rings (SSSR count). The summed E-state index contributed by atoms with van der Waals surface area (Å²) in [5.74, 6) is 0.665. The van der Waals surface area contributed by atoms with Gasteiger partial charge >= 0.3 is 0 Å². The van der Waals surface area contributed by atoms with E-state index in [9.17, 15) is 5.11 Å². The fourth-order valence-electron chi connectivity index (χ4n) is 1.38. The van der Waals surface area contributed by atoms with Crippen LogP contribution in [0.3, 0.4) is 0 Å². The lowest BCUT2D eigenvalue weighted by Gasteiger charge is -2.24. The van der Waals surface area contributed by atoms with Gasteiger partial charge in [-0.25, -0.2) is 0 Å². The molecule has 0 radical (unpaired) electrons. The summed E-state index contributed by atoms with van der Waals surface area (Å²) >= 11 is 0. The van der Waals surface area contributed by atoms with E-state index in [1.807, 2.05) is 6.92 Å². The van der Waals surface area contributed by atoms with E-state index in [0.29, 0.717) is 5.92 Å². The summed E-state index contributed by atoms with van der Waals surface area (Å²) in [6.45, 7) is 8.74. The minimum absolute atomic E-state index is 0.523. The van der Waals surface area contributed by atoms with E-state index in [4.69, 9.17) is 4.74 Å². The van der Waals surface area contributed by atoms with Crippen molar-refractivity contribution in [2.24, 2.45) is 5.92 Å². The number of aliphatic hydroxyl groups is 1. The maximum Gasteiger partial charge on any atom is 0.0632 e. The first-order chi connectivity index (χ1) is 6.98. The van der Waals surface area contributed by atoms with Crippen LogP contribution in [0.15, 0.2) is 0 Å². The molecular formula is C12H27NO2. The number of hydrogen-bond acceptors (Lipinski definition) is 3. The second kappa shape index (κ2) is 8.08. The van der Waals surface area contributed by atoms with Gasteiger partial charge in [-0.15, -0.1) is 0 Å². The quantitative estimate of drug-likeness (QED) is 0.579. The van der Waals surface area contributed by atoms with Crippen molar-refractivity contribution >= 4 is 0 Å². The van der Waals surface area contributed by atoms with E-state index in [2.05, 4.69) is 19.2 Å². The molecule has 0 spiro atoms. The molecule has 0 aromatic rings. The van der Waals surface area contributed by atoms with Gasteiger partial charge in [-0.1, -0.05) is 13.8 Å². The lowest BCUT2D eigenvalue weighted by Crippen LogP contribution is -2.31. The molecule has 15 heavy (non-hydrogen) atoms. The van der Waals surface area contributed by atoms with Crippen molar-refractivity contribution in [3.8, 4) is 0 Å². The van der Waals surface area contributed by atoms with Crippen molar-refractivity contribution < 1.29 is 9.84 Å². The molecule has 3 heteroatoms. The Morgan fingerprint density at radius 3 is 2.47 bits per heavy atom. The van der Waals surface area contributed by atoms with Crippen molar-refractivity contribution in [3.05, 3.63) is 0 Å². The lowest BCUT2D eigenvalue weighted by atomic mass is 9.92. The molecule has 2 N–H and O–H groups in total. The van der Waals surface area contributed by atoms with E-state index in [1.54, 1.807) is 7.11 Å². The normalized spacial score (nSPS) is 15.6. The van der Waals surface area contributed by atoms with Crippen LogP contribution in [0.25, 0.3) is 0 Å². The van der Waals surface area contributed by atoms with E-state index >= 15 is 0 Å². The summed E-state index contributed by atoms with van der Waals surface area (Å²) in [4.78, 5) is 0. The zero-order chi connectivity index (χ0) is 11.7. The van der Waals surface area contributed by atoms with Crippen LogP contribution in [0.2, 0.25) is 0 Å². The average molecular weight is 217 g/mol. The number of nitrogens with one attached hydrogen (secondary N) is 1. The predicted molar refractivity (Wildman–Crippen MR) is 64.1 cm³/mol. The molecule has 0 fully saturated rings. The fourth-order valence-corrected chi connectivity index (χ4v) is 1.38. The van der Waals surface area contributed by atoms with Gasteiger partial charge in [0.2, 0.25) is 0 Å². The van der Waals surface area contributed by atoms with E-state index in [-0.39, 0.29) is 0 Å². The molecule has 92 valence electrons. The molecular weight excluding hydrogens is 190 g/mol. The maximum atomic E-state index is 10.0. The average Bonchev–Trinajstić information content (AvgIpc) is 2.15. The van der Waals surface area contributed by atoms with Gasteiger partial charge in [-0.2, -0.15) is 0 Å². The first-order valence-electron chi connectivity index (χ1n) is 5.90. The molecule has 0 aliphatic rings. The van der Waals surface area contributed by atoms with Gasteiger partial charge in [0.25, 0.3) is 0 Å². The number of methoxy groups -OCH3 is 1. The van der Waals surface area contributed by atoms with Gasteiger partial charge in [-0.05, 0) is 38.6 Å². The number of hydrogen-bond donors (Lipinski definition) is 2. The summed E-state index contributed by atoms with van der Waals surface area (Å²) < 4.78 is 4.93. The summed E-state index contributed by atoms with van der Waals surface area (Å²) in [6.07, 6.45) is 2.78. The second-order valence-electron chi connectivity index (χ2n) is 4.92. The highest BCUT2D eigenvalue weighted by atomic mass is 16.5. The highest BCUT2D eigenvalue weighted by molar-refractivity contribution is 4.74. The molecule has 0 heterocycles. The summed E-state index contributed by atoms with van der Waals surface area (Å²) in [5.41, 5.74) is -0.523. The largest absolute Gasteiger partial charge is 0.390 e. The third-order valence-corrected chi connectivity index (χ3v) is 2.58. The Hall–Kier alpha value is -0.120. The van der Waals surface area contributed by atoms with Crippen molar-refractivity contribution in [2.45, 2.75) is 45.6 Å². The Morgan fingerprint density at radius 1 is 1.27 bits per heavy atom. The van der Waals surface area contributed by atoms with Crippen LogP contribution in [-0.4, -0.2) is 37.5 Å². The Bertz CT molecular complexity index is 147. The summed E-state index contributed by atoms with van der Waals surface area (Å²) in [5, 5.41) is 13.3. The van der Waals surface area contributed by atoms with Gasteiger partial charge in [0.1, 0.15) is 0 Å². The Balaban J connectivity index is 3.46. The molecule has 3 nitrogen and oxygen atoms in total. The molecule has 0 amide bonds. The molecule has 0 aliphatic carbocycles. The minimum Gasteiger partial charge on any atom is -0.390 e. The van der Waals surface area contributed by atoms with Gasteiger partial charge in [-0.3, -0.25) is 0 Å². The lowest BCUT2D eigenvalue weighted by molar-refractivity contribution is 0.0366. The molecule has 0 bridgehead atoms. The van der Waals surface area contributed by atoms with Crippen molar-refractivity contribution in [3.63, 3.8) is 0 Å². The van der Waals surface area contributed by atoms with Gasteiger partial charge < -0.3 is 15.2 Å². The predicted octanol–water partition coefficient (Wildman–Crippen LogP) is 1.80. The molecule has 1 unspecified atom stereocenters. The number of ether oxygens (including phenoxy) is 1. The van der Waals surface area contributed by atoms with E-state index < -0.39 is 5.60 Å². The molecule has 0 saturated heterocycles. The van der Waals surface area contributed by atoms with E-state index in [0.717, 1.165) is 39.0 Å². The van der Waals surface area contributed by atoms with Crippen LogP contribution in [0.1, 0.15) is 40.0 Å². The first kappa shape index (κ1) is 14.9. The second-order valence-corrected chi connectivity index (χ2v) is 4.92. The van der Waals surface area contributed by atoms with Gasteiger partial charge in [0.15, 0.2) is 0 Å². The summed E-state index contributed by atoms with van der Waals surface area (Å²) in [6, 6.07) is 0. The molecule has 0 aromatic heterocycles. The van der Waals surface area contributed by atoms with Crippen molar-refractivity contribution in [1.82, 2.24) is 5.32 Å². The zero-order valence-electron chi connectivity index (χ0n) is 10.7. The fraction of sp³-hybridized carbons (Fsp3) is 1.00. The van der Waals surface area contributed by atoms with Crippen molar-refractivity contribution in [1.29, 1.82) is 0 Å². The molecule has 0 aromatic carbocycles. The van der Waals surface area contributed by atoms with Crippen LogP contribution in [0, 0.1) is 5.92 Å². The molecule has 1 atom stereocenters. The van der Waals surface area contributed by atoms with Crippen LogP contribution in [-0.2, 0) is 4.74 Å². The van der Waals surface area contributed by atoms with Gasteiger partial charge in [0, 0.05) is 13.7 Å². The monoisotopic (exact) mass is 217 g/mol. The SMILES string of the molecule is COCCNCCC(C)(O)CCC(C)C. The topological polar surface area (TPSA) is 41.5 Å². The minimum atomic E-state index is -0.523. The van der Waals surface area contributed by atoms with Crippen LogP contribution in [0.5, 0.6) is 0 Å². The van der Waals surface area contributed by atoms with Crippen LogP contribution >= 0.6 is 0 Å². The highest BCUT2D eigenvalue weighted by Crippen LogP contribution is 2.19. The van der Waals surface area contributed by atoms with Gasteiger partial charge in [0.05, 0.1) is 12.2 Å². The van der Waals surface area contributed by atoms with Crippen molar-refractivity contribution in [2.75, 3.05) is 26.8 Å². The molecule has 0 saturated carbocycles. The Kier molecular flexibility index (Phi) is 8.02. The third-order valence-electron chi connectivity index (χ3n) is 2.58. The number of rotatable bonds is 9. The van der Waals surface area contributed by atoms with E-state index in [1.165, 1.54) is 0 Å². The van der Waals surface area contributed by atoms with Crippen LogP contribution < -0.4 is 5.32 Å². The maximum absolute atomic E-state index is 10.0. The standard InChI is InChI=1S/C12H27NO2/c1-11(2)5-6-12(3,14)7-8-13-9-10-15-4/h11,13-14H,5-10H2,1-4H3.